The molecule has 0 saturated heterocycles. The number of nitrogens with zero attached hydrogens (tertiary/aromatic N) is 3. The number of anilines is 2. The molecular formula is C58H53Cl2N3O3S. The number of para-hydroxylation sites is 2. The van der Waals surface area contributed by atoms with Crippen LogP contribution in [0.25, 0.3) is 38.5 Å². The van der Waals surface area contributed by atoms with Crippen LogP contribution in [0, 0.1) is 6.92 Å². The van der Waals surface area contributed by atoms with E-state index < -0.39 is 10.1 Å². The molecule has 0 radical (unpaired) electrons. The van der Waals surface area contributed by atoms with E-state index in [1.165, 1.54) is 73.0 Å². The maximum absolute atomic E-state index is 10.4. The van der Waals surface area contributed by atoms with Gasteiger partial charge < -0.3 is 14.0 Å². The molecule has 10 rings (SSSR count). The van der Waals surface area contributed by atoms with Crippen molar-refractivity contribution >= 4 is 94.6 Å². The second-order valence-electron chi connectivity index (χ2n) is 17.2. The summed E-state index contributed by atoms with van der Waals surface area (Å²) in [5.41, 5.74) is 12.1. The lowest BCUT2D eigenvalue weighted by Gasteiger charge is -2.28. The van der Waals surface area contributed by atoms with Crippen LogP contribution >= 0.6 is 23.2 Å². The maximum atomic E-state index is 10.4. The molecule has 0 atom stereocenters. The van der Waals surface area contributed by atoms with Gasteiger partial charge in [-0.1, -0.05) is 146 Å². The van der Waals surface area contributed by atoms with Gasteiger partial charge in [0.1, 0.15) is 16.7 Å². The van der Waals surface area contributed by atoms with Crippen molar-refractivity contribution in [1.29, 1.82) is 0 Å². The Balaban J connectivity index is 0.000000451. The van der Waals surface area contributed by atoms with Gasteiger partial charge in [0.25, 0.3) is 0 Å². The van der Waals surface area contributed by atoms with Crippen LogP contribution in [0.3, 0.4) is 0 Å². The summed E-state index contributed by atoms with van der Waals surface area (Å²) >= 11 is 13.6. The first kappa shape index (κ1) is 45.9. The lowest BCUT2D eigenvalue weighted by atomic mass is 10.0. The van der Waals surface area contributed by atoms with Crippen LogP contribution in [0.4, 0.5) is 17.1 Å². The minimum atomic E-state index is -4.27. The number of hydrogen-bond acceptors (Lipinski definition) is 4. The van der Waals surface area contributed by atoms with Crippen LogP contribution < -0.4 is 10.2 Å². The van der Waals surface area contributed by atoms with E-state index in [-0.39, 0.29) is 4.90 Å². The molecule has 8 aromatic rings. The monoisotopic (exact) mass is 941 g/mol. The molecule has 0 spiro atoms. The fraction of sp³-hybridized carbons (Fsp3) is 0.190. The number of hydrogen-bond donors (Lipinski definition) is 0. The number of allylic oxidation sites excluding steroid dienone is 5. The Hall–Kier alpha value is -6.22. The van der Waals surface area contributed by atoms with Crippen molar-refractivity contribution in [2.24, 2.45) is 0 Å². The van der Waals surface area contributed by atoms with E-state index >= 15 is 0 Å². The van der Waals surface area contributed by atoms with Crippen LogP contribution in [0.2, 0.25) is 10.0 Å². The standard InChI is InChI=1S/C51H46Cl2N3.C7H8O3S/c1-3-5-33-54-45(41-21-13-19-39-43(52)27-31-47(54)49(39)41)29-25-35-23-24-36(51(35)56(37-15-9-7-10-16-37)38-17-11-8-12-18-38)26-30-46-42-22-14-20-40-44(53)28-32-48(50(40)42)55(46)34-6-4-2;1-6-2-4-7(5-3-6)11(8,9)10/h7-22,25-32H,3-6,23-24,33-34H2,1-2H3;2-5H,1H3,(H,8,9,10)/q+1;/p-1. The first-order chi connectivity index (χ1) is 32.6. The Kier molecular flexibility index (Phi) is 13.7. The number of unbranched alkanes of at least 4 members (excludes halogenated alkanes) is 2. The normalized spacial score (nSPS) is 14.7. The molecule has 0 unspecified atom stereocenters. The molecule has 0 bridgehead atoms. The summed E-state index contributed by atoms with van der Waals surface area (Å²) in [4.78, 5) is 2.28. The molecule has 2 heterocycles. The van der Waals surface area contributed by atoms with E-state index in [1.807, 2.05) is 6.92 Å². The highest BCUT2D eigenvalue weighted by Gasteiger charge is 2.32. The summed E-state index contributed by atoms with van der Waals surface area (Å²) in [5, 5.41) is 8.82. The molecule has 338 valence electrons. The topological polar surface area (TPSA) is 68.4 Å². The molecule has 0 fully saturated rings. The van der Waals surface area contributed by atoms with Crippen LogP contribution in [-0.2, 0) is 16.7 Å². The van der Waals surface area contributed by atoms with Gasteiger partial charge in [0.05, 0.1) is 21.5 Å². The Morgan fingerprint density at radius 1 is 0.672 bits per heavy atom. The molecule has 7 aromatic carbocycles. The summed E-state index contributed by atoms with van der Waals surface area (Å²) in [6.45, 7) is 8.27. The SMILES string of the molecule is CCCCn1c(=C/C=C2\CCC(/C=C/C3=[N+](CCCC)c4ccc(Cl)c5cccc3c45)=C2N(c2ccccc2)c2ccccc2)c2cccc3c(Cl)ccc1c32.Cc1ccc(S(=O)(=O)[O-])cc1. The quantitative estimate of drug-likeness (QED) is 0.0853. The van der Waals surface area contributed by atoms with Gasteiger partial charge in [-0.2, -0.15) is 4.58 Å². The third-order valence-corrected chi connectivity index (χ3v) is 14.3. The van der Waals surface area contributed by atoms with Gasteiger partial charge in [0, 0.05) is 78.9 Å². The van der Waals surface area contributed by atoms with Crippen molar-refractivity contribution in [1.82, 2.24) is 4.57 Å². The Bertz CT molecular complexity index is 3390. The number of benzene rings is 7. The van der Waals surface area contributed by atoms with Crippen LogP contribution in [0.1, 0.15) is 63.5 Å². The van der Waals surface area contributed by atoms with Gasteiger partial charge in [0.15, 0.2) is 0 Å². The van der Waals surface area contributed by atoms with Crippen molar-refractivity contribution in [3.8, 4) is 0 Å². The zero-order chi connectivity index (χ0) is 46.7. The van der Waals surface area contributed by atoms with E-state index in [4.69, 9.17) is 23.2 Å². The lowest BCUT2D eigenvalue weighted by molar-refractivity contribution is -0.436. The predicted octanol–water partition coefficient (Wildman–Crippen LogP) is 14.8. The molecule has 0 saturated carbocycles. The highest BCUT2D eigenvalue weighted by atomic mass is 35.5. The minimum absolute atomic E-state index is 0.178. The van der Waals surface area contributed by atoms with Crippen molar-refractivity contribution in [3.63, 3.8) is 0 Å². The zero-order valence-corrected chi connectivity index (χ0v) is 40.4. The lowest BCUT2D eigenvalue weighted by Crippen LogP contribution is -2.18. The number of aryl methyl sites for hydroxylation is 2. The van der Waals surface area contributed by atoms with E-state index in [0.717, 1.165) is 89.4 Å². The molecule has 1 aliphatic carbocycles. The second kappa shape index (κ2) is 19.9. The summed E-state index contributed by atoms with van der Waals surface area (Å²) in [7, 11) is -4.27. The third kappa shape index (κ3) is 9.26. The van der Waals surface area contributed by atoms with Gasteiger partial charge in [-0.3, -0.25) is 0 Å². The van der Waals surface area contributed by atoms with Crippen molar-refractivity contribution in [3.05, 3.63) is 207 Å². The van der Waals surface area contributed by atoms with Gasteiger partial charge in [0.2, 0.25) is 11.4 Å². The Labute approximate surface area is 403 Å². The molecule has 9 heteroatoms. The molecule has 1 aromatic heterocycles. The van der Waals surface area contributed by atoms with Gasteiger partial charge in [-0.15, -0.1) is 0 Å². The molecule has 1 aliphatic heterocycles. The summed E-state index contributed by atoms with van der Waals surface area (Å²) in [5.74, 6) is 0. The molecule has 2 aliphatic rings. The predicted molar refractivity (Wildman–Crippen MR) is 279 cm³/mol. The highest BCUT2D eigenvalue weighted by molar-refractivity contribution is 7.85. The number of halogens is 2. The summed E-state index contributed by atoms with van der Waals surface area (Å²) in [6, 6.07) is 49.0. The Morgan fingerprint density at radius 3 is 1.96 bits per heavy atom. The fourth-order valence-electron chi connectivity index (χ4n) is 9.56. The van der Waals surface area contributed by atoms with E-state index in [9.17, 15) is 13.0 Å². The summed E-state index contributed by atoms with van der Waals surface area (Å²) < 4.78 is 36.2. The molecule has 67 heavy (non-hydrogen) atoms. The first-order valence-corrected chi connectivity index (χ1v) is 25.3. The van der Waals surface area contributed by atoms with Crippen LogP contribution in [0.15, 0.2) is 186 Å². The van der Waals surface area contributed by atoms with E-state index in [2.05, 4.69) is 174 Å². The molecule has 0 N–H and O–H groups in total. The summed E-state index contributed by atoms with van der Waals surface area (Å²) in [6.07, 6.45) is 15.9. The second-order valence-corrected chi connectivity index (χ2v) is 19.4. The minimum Gasteiger partial charge on any atom is -0.744 e. The molecule has 0 amide bonds. The number of rotatable bonds is 13. The van der Waals surface area contributed by atoms with E-state index in [0.29, 0.717) is 0 Å². The first-order valence-electron chi connectivity index (χ1n) is 23.2. The highest BCUT2D eigenvalue weighted by Crippen LogP contribution is 2.43. The van der Waals surface area contributed by atoms with Crippen molar-refractivity contribution in [2.45, 2.75) is 70.7 Å². The van der Waals surface area contributed by atoms with Gasteiger partial charge >= 0.3 is 0 Å². The third-order valence-electron chi connectivity index (χ3n) is 12.8. The number of aromatic nitrogens is 1. The van der Waals surface area contributed by atoms with Gasteiger partial charge in [-0.25, -0.2) is 8.42 Å². The molecule has 6 nitrogen and oxygen atoms in total. The Morgan fingerprint density at radius 2 is 1.30 bits per heavy atom. The van der Waals surface area contributed by atoms with Crippen LogP contribution in [-0.4, -0.2) is 34.4 Å². The smallest absolute Gasteiger partial charge is 0.214 e. The fourth-order valence-corrected chi connectivity index (χ4v) is 10.5. The average molecular weight is 943 g/mol. The largest absolute Gasteiger partial charge is 0.744 e. The van der Waals surface area contributed by atoms with Gasteiger partial charge in [-0.05, 0) is 104 Å². The molecular weight excluding hydrogens is 890 g/mol. The maximum Gasteiger partial charge on any atom is 0.214 e. The van der Waals surface area contributed by atoms with E-state index in [1.54, 1.807) is 12.1 Å². The average Bonchev–Trinajstić information content (AvgIpc) is 3.98. The van der Waals surface area contributed by atoms with Crippen molar-refractivity contribution in [2.75, 3.05) is 11.4 Å². The van der Waals surface area contributed by atoms with Crippen molar-refractivity contribution < 1.29 is 17.5 Å². The van der Waals surface area contributed by atoms with Crippen LogP contribution in [0.5, 0.6) is 0 Å². The zero-order valence-electron chi connectivity index (χ0n) is 38.1.